The molecule has 96 valence electrons. The first kappa shape index (κ1) is 13.8. The van der Waals surface area contributed by atoms with Gasteiger partial charge in [0.05, 0.1) is 0 Å². The van der Waals surface area contributed by atoms with Gasteiger partial charge in [0, 0.05) is 0 Å². The first-order valence-corrected chi connectivity index (χ1v) is 11.5. The van der Waals surface area contributed by atoms with Crippen LogP contribution in [0.3, 0.4) is 0 Å². The Labute approximate surface area is 116 Å². The number of fused-ring (bicyclic) bond motifs is 1. The maximum atomic E-state index is 12.2. The van der Waals surface area contributed by atoms with Gasteiger partial charge in [0.25, 0.3) is 0 Å². The Hall–Kier alpha value is -0.661. The SMILES string of the molecule is CC[Se](=O)c1cccc2cccc([Se](=O)CC)c12. The van der Waals surface area contributed by atoms with Gasteiger partial charge in [-0.3, -0.25) is 0 Å². The van der Waals surface area contributed by atoms with E-state index in [1.807, 2.05) is 50.2 Å². The van der Waals surface area contributed by atoms with Crippen molar-refractivity contribution >= 4 is 47.4 Å². The van der Waals surface area contributed by atoms with Crippen molar-refractivity contribution in [3.8, 4) is 0 Å². The van der Waals surface area contributed by atoms with Crippen LogP contribution in [-0.4, -0.2) is 27.7 Å². The van der Waals surface area contributed by atoms with Crippen LogP contribution in [-0.2, 0) is 7.67 Å². The zero-order valence-electron chi connectivity index (χ0n) is 10.5. The van der Waals surface area contributed by atoms with Gasteiger partial charge in [-0.1, -0.05) is 0 Å². The Morgan fingerprint density at radius 2 is 1.28 bits per heavy atom. The van der Waals surface area contributed by atoms with E-state index in [4.69, 9.17) is 0 Å². The predicted octanol–water partition coefficient (Wildman–Crippen LogP) is 2.14. The molecule has 2 atom stereocenters. The van der Waals surface area contributed by atoms with Gasteiger partial charge in [-0.25, -0.2) is 0 Å². The normalized spacial score (nSPS) is 14.6. The average Bonchev–Trinajstić information content (AvgIpc) is 2.44. The summed E-state index contributed by atoms with van der Waals surface area (Å²) in [5.74, 6) is 0. The van der Waals surface area contributed by atoms with Gasteiger partial charge in [-0.2, -0.15) is 0 Å². The van der Waals surface area contributed by atoms with Crippen molar-refractivity contribution in [2.45, 2.75) is 24.5 Å². The molecule has 2 unspecified atom stereocenters. The molecular weight excluding hydrogens is 358 g/mol. The van der Waals surface area contributed by atoms with Gasteiger partial charge in [0.1, 0.15) is 0 Å². The van der Waals surface area contributed by atoms with E-state index < -0.39 is 27.7 Å². The molecule has 0 aliphatic rings. The van der Waals surface area contributed by atoms with Crippen LogP contribution in [0, 0.1) is 0 Å². The summed E-state index contributed by atoms with van der Waals surface area (Å²) < 4.78 is 26.3. The van der Waals surface area contributed by atoms with E-state index in [0.29, 0.717) is 10.6 Å². The van der Waals surface area contributed by atoms with E-state index in [1.54, 1.807) is 0 Å². The number of rotatable bonds is 4. The second kappa shape index (κ2) is 5.99. The summed E-state index contributed by atoms with van der Waals surface area (Å²) in [6.07, 6.45) is 0. The van der Waals surface area contributed by atoms with E-state index in [9.17, 15) is 7.67 Å². The molecule has 0 heterocycles. The van der Waals surface area contributed by atoms with Crippen LogP contribution in [0.2, 0.25) is 10.6 Å². The van der Waals surface area contributed by atoms with Crippen LogP contribution >= 0.6 is 0 Å². The van der Waals surface area contributed by atoms with Crippen molar-refractivity contribution in [3.63, 3.8) is 0 Å². The van der Waals surface area contributed by atoms with Gasteiger partial charge < -0.3 is 0 Å². The van der Waals surface area contributed by atoms with Crippen molar-refractivity contribution in [2.75, 3.05) is 0 Å². The van der Waals surface area contributed by atoms with E-state index >= 15 is 0 Å². The van der Waals surface area contributed by atoms with Gasteiger partial charge in [0.2, 0.25) is 0 Å². The molecular formula is C14H16O2Se2. The third-order valence-corrected chi connectivity index (χ3v) is 8.53. The minimum atomic E-state index is -2.00. The molecule has 4 heteroatoms. The molecule has 0 aliphatic carbocycles. The Balaban J connectivity index is 2.80. The van der Waals surface area contributed by atoms with Gasteiger partial charge in [-0.05, 0) is 0 Å². The summed E-state index contributed by atoms with van der Waals surface area (Å²) in [5.41, 5.74) is 0. The van der Waals surface area contributed by atoms with Crippen LogP contribution in [0.4, 0.5) is 0 Å². The molecule has 2 rings (SSSR count). The predicted molar refractivity (Wildman–Crippen MR) is 77.1 cm³/mol. The number of hydrogen-bond donors (Lipinski definition) is 0. The van der Waals surface area contributed by atoms with Crippen LogP contribution in [0.15, 0.2) is 36.4 Å². The summed E-state index contributed by atoms with van der Waals surface area (Å²) >= 11 is -4.00. The monoisotopic (exact) mass is 376 g/mol. The van der Waals surface area contributed by atoms with Crippen molar-refractivity contribution in [2.24, 2.45) is 0 Å². The minimum absolute atomic E-state index is 0.684. The fraction of sp³-hybridized carbons (Fsp3) is 0.286. The van der Waals surface area contributed by atoms with Crippen LogP contribution < -0.4 is 8.92 Å². The van der Waals surface area contributed by atoms with E-state index in [2.05, 4.69) is 0 Å². The molecule has 0 amide bonds. The average molecular weight is 374 g/mol. The maximum absolute atomic E-state index is 12.2. The van der Waals surface area contributed by atoms with Crippen LogP contribution in [0.25, 0.3) is 10.8 Å². The molecule has 2 nitrogen and oxygen atoms in total. The summed E-state index contributed by atoms with van der Waals surface area (Å²) in [7, 11) is 0. The third kappa shape index (κ3) is 2.53. The Morgan fingerprint density at radius 3 is 1.67 bits per heavy atom. The number of hydrogen-bond acceptors (Lipinski definition) is 2. The van der Waals surface area contributed by atoms with E-state index in [-0.39, 0.29) is 0 Å². The van der Waals surface area contributed by atoms with E-state index in [1.165, 1.54) is 0 Å². The Morgan fingerprint density at radius 1 is 0.833 bits per heavy atom. The second-order valence-electron chi connectivity index (χ2n) is 3.88. The van der Waals surface area contributed by atoms with Gasteiger partial charge >= 0.3 is 116 Å². The number of benzene rings is 2. The van der Waals surface area contributed by atoms with Crippen LogP contribution in [0.5, 0.6) is 0 Å². The summed E-state index contributed by atoms with van der Waals surface area (Å²) in [4.78, 5) is 0. The van der Waals surface area contributed by atoms with Gasteiger partial charge in [0.15, 0.2) is 0 Å². The molecule has 0 bridgehead atoms. The van der Waals surface area contributed by atoms with Crippen LogP contribution in [0.1, 0.15) is 13.8 Å². The summed E-state index contributed by atoms with van der Waals surface area (Å²) in [6.45, 7) is 3.90. The fourth-order valence-electron chi connectivity index (χ4n) is 1.96. The standard InChI is InChI=1S/C14H16O2Se2/c1-3-17(15)12-9-5-7-11-8-6-10-13(14(11)12)18(16)4-2/h5-10H,3-4H2,1-2H3. The molecule has 0 spiro atoms. The molecule has 0 N–H and O–H groups in total. The molecule has 2 aromatic rings. The molecule has 18 heavy (non-hydrogen) atoms. The Kier molecular flexibility index (Phi) is 4.58. The molecule has 0 aliphatic heterocycles. The molecule has 0 saturated heterocycles. The third-order valence-electron chi connectivity index (χ3n) is 2.84. The summed E-state index contributed by atoms with van der Waals surface area (Å²) in [6, 6.07) is 11.8. The second-order valence-corrected chi connectivity index (χ2v) is 11.0. The van der Waals surface area contributed by atoms with Crippen molar-refractivity contribution in [1.29, 1.82) is 0 Å². The zero-order valence-corrected chi connectivity index (χ0v) is 13.9. The first-order chi connectivity index (χ1) is 8.69. The molecule has 2 aromatic carbocycles. The zero-order chi connectivity index (χ0) is 13.1. The van der Waals surface area contributed by atoms with Crippen molar-refractivity contribution in [3.05, 3.63) is 36.4 Å². The van der Waals surface area contributed by atoms with Gasteiger partial charge in [-0.15, -0.1) is 0 Å². The van der Waals surface area contributed by atoms with Crippen molar-refractivity contribution in [1.82, 2.24) is 0 Å². The Bertz CT molecular complexity index is 569. The molecule has 0 aromatic heterocycles. The van der Waals surface area contributed by atoms with Crippen molar-refractivity contribution < 1.29 is 7.67 Å². The quantitative estimate of drug-likeness (QED) is 0.769. The molecule has 0 saturated carbocycles. The fourth-order valence-corrected chi connectivity index (χ4v) is 6.47. The summed E-state index contributed by atoms with van der Waals surface area (Å²) in [5, 5.41) is 3.41. The van der Waals surface area contributed by atoms with E-state index in [0.717, 1.165) is 19.7 Å². The first-order valence-electron chi connectivity index (χ1n) is 5.97. The molecule has 0 radical (unpaired) electrons. The molecule has 0 fully saturated rings. The topological polar surface area (TPSA) is 34.1 Å².